The molecule has 1 aromatic rings. The number of carbonyl (C=O) groups is 1. The highest BCUT2D eigenvalue weighted by Crippen LogP contribution is 2.17. The molecule has 0 aliphatic carbocycles. The van der Waals surface area contributed by atoms with Crippen LogP contribution in [-0.4, -0.2) is 40.5 Å². The van der Waals surface area contributed by atoms with Gasteiger partial charge in [-0.25, -0.2) is 0 Å². The van der Waals surface area contributed by atoms with Gasteiger partial charge in [0.1, 0.15) is 0 Å². The number of hydrogen-bond donors (Lipinski definition) is 1. The lowest BCUT2D eigenvalue weighted by atomic mass is 10.0. The molecule has 1 saturated heterocycles. The molecule has 1 aliphatic heterocycles. The maximum Gasteiger partial charge on any atom is 0.270 e. The second kappa shape index (κ2) is 5.62. The van der Waals surface area contributed by atoms with Crippen LogP contribution >= 0.6 is 0 Å². The minimum Gasteiger partial charge on any atom is -0.396 e. The van der Waals surface area contributed by atoms with E-state index in [0.29, 0.717) is 18.7 Å². The van der Waals surface area contributed by atoms with Gasteiger partial charge in [0.05, 0.1) is 4.92 Å². The number of likely N-dealkylation sites (tertiary alicyclic amines) is 1. The van der Waals surface area contributed by atoms with E-state index in [4.69, 9.17) is 5.11 Å². The number of rotatable bonds is 4. The molecule has 0 unspecified atom stereocenters. The number of nitrogens with zero attached hydrogens (tertiary/aromatic N) is 2. The maximum atomic E-state index is 11.7. The lowest BCUT2D eigenvalue weighted by Gasteiger charge is -2.37. The molecule has 6 heteroatoms. The number of amides is 1. The monoisotopic (exact) mass is 262 g/mol. The van der Waals surface area contributed by atoms with Crippen molar-refractivity contribution in [3.63, 3.8) is 0 Å². The van der Waals surface area contributed by atoms with Crippen molar-refractivity contribution in [2.24, 2.45) is 5.92 Å². The van der Waals surface area contributed by atoms with Crippen LogP contribution in [0.3, 0.4) is 0 Å². The number of aliphatic hydroxyl groups excluding tert-OH is 1. The Bertz CT molecular complexity index is 521. The van der Waals surface area contributed by atoms with E-state index in [9.17, 15) is 14.9 Å². The number of carbonyl (C=O) groups excluding carboxylic acids is 1. The highest BCUT2D eigenvalue weighted by atomic mass is 16.6. The van der Waals surface area contributed by atoms with Crippen molar-refractivity contribution in [3.8, 4) is 0 Å². The van der Waals surface area contributed by atoms with Gasteiger partial charge in [-0.3, -0.25) is 14.9 Å². The van der Waals surface area contributed by atoms with E-state index in [1.807, 2.05) is 0 Å². The Morgan fingerprint density at radius 3 is 2.89 bits per heavy atom. The molecule has 0 radical (unpaired) electrons. The van der Waals surface area contributed by atoms with Gasteiger partial charge in [-0.15, -0.1) is 0 Å². The van der Waals surface area contributed by atoms with E-state index >= 15 is 0 Å². The molecular formula is C13H14N2O4. The van der Waals surface area contributed by atoms with Crippen LogP contribution in [0.15, 0.2) is 30.3 Å². The first-order chi connectivity index (χ1) is 9.10. The number of aliphatic hydroxyl groups is 1. The third-order valence-corrected chi connectivity index (χ3v) is 3.03. The lowest BCUT2D eigenvalue weighted by Crippen LogP contribution is -2.50. The molecule has 0 spiro atoms. The average Bonchev–Trinajstić information content (AvgIpc) is 2.35. The highest BCUT2D eigenvalue weighted by Gasteiger charge is 2.28. The fourth-order valence-corrected chi connectivity index (χ4v) is 1.88. The normalized spacial score (nSPS) is 15.5. The second-order valence-electron chi connectivity index (χ2n) is 4.48. The summed E-state index contributed by atoms with van der Waals surface area (Å²) in [5, 5.41) is 19.5. The zero-order valence-electron chi connectivity index (χ0n) is 10.2. The topological polar surface area (TPSA) is 83.7 Å². The molecule has 2 rings (SSSR count). The smallest absolute Gasteiger partial charge is 0.270 e. The summed E-state index contributed by atoms with van der Waals surface area (Å²) < 4.78 is 0. The van der Waals surface area contributed by atoms with Gasteiger partial charge in [-0.2, -0.15) is 0 Å². The van der Waals surface area contributed by atoms with Crippen molar-refractivity contribution < 1.29 is 14.8 Å². The van der Waals surface area contributed by atoms with Crippen molar-refractivity contribution >= 4 is 17.7 Å². The minimum absolute atomic E-state index is 0.00102. The minimum atomic E-state index is -0.472. The van der Waals surface area contributed by atoms with Crippen LogP contribution < -0.4 is 0 Å². The molecule has 100 valence electrons. The molecule has 1 aliphatic rings. The Hall–Kier alpha value is -2.21. The summed E-state index contributed by atoms with van der Waals surface area (Å²) in [6.45, 7) is 1.22. The number of non-ortho nitro benzene ring substituents is 1. The Labute approximate surface area is 110 Å². The average molecular weight is 262 g/mol. The van der Waals surface area contributed by atoms with Crippen LogP contribution in [0.1, 0.15) is 5.56 Å². The maximum absolute atomic E-state index is 11.7. The van der Waals surface area contributed by atoms with Gasteiger partial charge in [0.25, 0.3) is 5.69 Å². The summed E-state index contributed by atoms with van der Waals surface area (Å²) >= 11 is 0. The molecule has 0 aromatic heterocycles. The van der Waals surface area contributed by atoms with Gasteiger partial charge in [-0.1, -0.05) is 12.1 Å². The first-order valence-electron chi connectivity index (χ1n) is 5.92. The van der Waals surface area contributed by atoms with Crippen molar-refractivity contribution in [1.29, 1.82) is 0 Å². The first kappa shape index (κ1) is 13.2. The largest absolute Gasteiger partial charge is 0.396 e. The van der Waals surface area contributed by atoms with E-state index in [1.54, 1.807) is 23.1 Å². The molecule has 1 N–H and O–H groups in total. The van der Waals surface area contributed by atoms with Gasteiger partial charge < -0.3 is 10.0 Å². The first-order valence-corrected chi connectivity index (χ1v) is 5.92. The Kier molecular flexibility index (Phi) is 3.91. The SMILES string of the molecule is O=C(C=Cc1cccc([N+](=O)[O-])c1)N1CC(CO)C1. The fraction of sp³-hybridized carbons (Fsp3) is 0.308. The lowest BCUT2D eigenvalue weighted by molar-refractivity contribution is -0.384. The van der Waals surface area contributed by atoms with E-state index in [2.05, 4.69) is 0 Å². The molecule has 0 saturated carbocycles. The molecule has 0 bridgehead atoms. The van der Waals surface area contributed by atoms with Crippen LogP contribution in [0.4, 0.5) is 5.69 Å². The van der Waals surface area contributed by atoms with E-state index in [1.165, 1.54) is 18.2 Å². The standard InChI is InChI=1S/C13H14N2O4/c16-9-11-7-14(8-11)13(17)5-4-10-2-1-3-12(6-10)15(18)19/h1-6,11,16H,7-9H2. The molecule has 19 heavy (non-hydrogen) atoms. The fourth-order valence-electron chi connectivity index (χ4n) is 1.88. The summed E-state index contributed by atoms with van der Waals surface area (Å²) in [6.07, 6.45) is 2.95. The van der Waals surface area contributed by atoms with Crippen LogP contribution in [-0.2, 0) is 4.79 Å². The number of hydrogen-bond acceptors (Lipinski definition) is 4. The number of nitro benzene ring substituents is 1. The van der Waals surface area contributed by atoms with Gasteiger partial charge in [0.15, 0.2) is 0 Å². The van der Waals surface area contributed by atoms with E-state index < -0.39 is 4.92 Å². The van der Waals surface area contributed by atoms with Crippen LogP contribution in [0.2, 0.25) is 0 Å². The molecule has 1 aromatic carbocycles. The quantitative estimate of drug-likeness (QED) is 0.499. The summed E-state index contributed by atoms with van der Waals surface area (Å²) in [5.41, 5.74) is 0.612. The Morgan fingerprint density at radius 1 is 1.53 bits per heavy atom. The number of nitro groups is 1. The third kappa shape index (κ3) is 3.17. The van der Waals surface area contributed by atoms with Gasteiger partial charge in [0, 0.05) is 43.8 Å². The van der Waals surface area contributed by atoms with Gasteiger partial charge in [0.2, 0.25) is 5.91 Å². The van der Waals surface area contributed by atoms with E-state index in [0.717, 1.165) is 0 Å². The van der Waals surface area contributed by atoms with Gasteiger partial charge >= 0.3 is 0 Å². The summed E-state index contributed by atoms with van der Waals surface area (Å²) in [5.74, 6) is 0.0337. The summed E-state index contributed by atoms with van der Waals surface area (Å²) in [7, 11) is 0. The molecule has 1 amide bonds. The van der Waals surface area contributed by atoms with Crippen LogP contribution in [0, 0.1) is 16.0 Å². The van der Waals surface area contributed by atoms with Crippen molar-refractivity contribution in [2.75, 3.05) is 19.7 Å². The predicted molar refractivity (Wildman–Crippen MR) is 69.3 cm³/mol. The Morgan fingerprint density at radius 2 is 2.26 bits per heavy atom. The summed E-state index contributed by atoms with van der Waals surface area (Å²) in [6, 6.07) is 6.09. The molecule has 0 atom stereocenters. The highest BCUT2D eigenvalue weighted by molar-refractivity contribution is 5.92. The zero-order valence-corrected chi connectivity index (χ0v) is 10.2. The van der Waals surface area contributed by atoms with Gasteiger partial charge in [-0.05, 0) is 11.6 Å². The number of benzene rings is 1. The van der Waals surface area contributed by atoms with Crippen molar-refractivity contribution in [1.82, 2.24) is 4.90 Å². The summed E-state index contributed by atoms with van der Waals surface area (Å²) in [4.78, 5) is 23.5. The zero-order chi connectivity index (χ0) is 13.8. The molecular weight excluding hydrogens is 248 g/mol. The Balaban J connectivity index is 1.97. The molecule has 1 fully saturated rings. The second-order valence-corrected chi connectivity index (χ2v) is 4.48. The van der Waals surface area contributed by atoms with Crippen LogP contribution in [0.25, 0.3) is 6.08 Å². The van der Waals surface area contributed by atoms with Crippen molar-refractivity contribution in [3.05, 3.63) is 46.0 Å². The molecule has 1 heterocycles. The van der Waals surface area contributed by atoms with Crippen molar-refractivity contribution in [2.45, 2.75) is 0 Å². The van der Waals surface area contributed by atoms with Crippen LogP contribution in [0.5, 0.6) is 0 Å². The molecule has 6 nitrogen and oxygen atoms in total. The van der Waals surface area contributed by atoms with E-state index in [-0.39, 0.29) is 24.1 Å². The third-order valence-electron chi connectivity index (χ3n) is 3.03. The predicted octanol–water partition coefficient (Wildman–Crippen LogP) is 1.06.